The average molecular weight is 289 g/mol. The van der Waals surface area contributed by atoms with Gasteiger partial charge in [0.05, 0.1) is 25.5 Å². The molecule has 1 aromatic heterocycles. The smallest absolute Gasteiger partial charge is 0.338 e. The number of nitrogens with one attached hydrogen (secondary N) is 1. The number of hydrogen-bond donors (Lipinski definition) is 1. The normalized spacial score (nSPS) is 10.0. The van der Waals surface area contributed by atoms with E-state index in [0.717, 1.165) is 0 Å². The number of esters is 1. The zero-order valence-electron chi connectivity index (χ0n) is 11.7. The lowest BCUT2D eigenvalue weighted by Crippen LogP contribution is -2.14. The maximum atomic E-state index is 12.0. The largest absolute Gasteiger partial charge is 0.497 e. The first kappa shape index (κ1) is 14.6. The van der Waals surface area contributed by atoms with Gasteiger partial charge < -0.3 is 19.2 Å². The lowest BCUT2D eigenvalue weighted by molar-refractivity contribution is 0.0473. The van der Waals surface area contributed by atoms with Gasteiger partial charge >= 0.3 is 5.97 Å². The molecule has 0 unspecified atom stereocenters. The fourth-order valence-corrected chi connectivity index (χ4v) is 1.72. The summed E-state index contributed by atoms with van der Waals surface area (Å²) in [7, 11) is 2.97. The third-order valence-corrected chi connectivity index (χ3v) is 2.82. The van der Waals surface area contributed by atoms with Crippen molar-refractivity contribution in [2.75, 3.05) is 20.8 Å². The molecule has 0 bridgehead atoms. The zero-order chi connectivity index (χ0) is 15.2. The summed E-state index contributed by atoms with van der Waals surface area (Å²) >= 11 is 0. The quantitative estimate of drug-likeness (QED) is 0.650. The van der Waals surface area contributed by atoms with Crippen LogP contribution >= 0.6 is 0 Å². The Kier molecular flexibility index (Phi) is 4.61. The Morgan fingerprint density at radius 1 is 1.10 bits per heavy atom. The second-order valence-corrected chi connectivity index (χ2v) is 4.18. The van der Waals surface area contributed by atoms with Crippen molar-refractivity contribution in [3.05, 3.63) is 47.8 Å². The molecule has 0 saturated heterocycles. The highest BCUT2D eigenvalue weighted by molar-refractivity contribution is 5.98. The van der Waals surface area contributed by atoms with Crippen LogP contribution in [0.15, 0.2) is 36.5 Å². The van der Waals surface area contributed by atoms with Crippen molar-refractivity contribution in [3.63, 3.8) is 0 Å². The van der Waals surface area contributed by atoms with Crippen molar-refractivity contribution in [3.8, 4) is 11.5 Å². The molecule has 0 fully saturated rings. The molecule has 0 saturated carbocycles. The summed E-state index contributed by atoms with van der Waals surface area (Å²) in [6.45, 7) is -0.334. The summed E-state index contributed by atoms with van der Waals surface area (Å²) in [5.74, 6) is 0.0179. The van der Waals surface area contributed by atoms with Crippen LogP contribution in [0.5, 0.6) is 11.5 Å². The Labute approximate surface area is 121 Å². The van der Waals surface area contributed by atoms with Gasteiger partial charge in [0.15, 0.2) is 6.61 Å². The van der Waals surface area contributed by atoms with Crippen molar-refractivity contribution in [1.29, 1.82) is 0 Å². The van der Waals surface area contributed by atoms with Crippen LogP contribution in [-0.2, 0) is 4.74 Å². The van der Waals surface area contributed by atoms with Gasteiger partial charge in [0.1, 0.15) is 11.5 Å². The summed E-state index contributed by atoms with van der Waals surface area (Å²) in [6, 6.07) is 7.99. The second kappa shape index (κ2) is 6.60. The van der Waals surface area contributed by atoms with Crippen LogP contribution in [0.1, 0.15) is 20.8 Å². The number of rotatable bonds is 6. The molecule has 21 heavy (non-hydrogen) atoms. The van der Waals surface area contributed by atoms with Crippen molar-refractivity contribution in [2.24, 2.45) is 0 Å². The molecule has 2 rings (SSSR count). The molecule has 6 heteroatoms. The molecule has 0 aliphatic rings. The molecule has 0 spiro atoms. The fraction of sp³-hybridized carbons (Fsp3) is 0.200. The van der Waals surface area contributed by atoms with Gasteiger partial charge in [0.25, 0.3) is 0 Å². The van der Waals surface area contributed by atoms with Crippen LogP contribution in [0.2, 0.25) is 0 Å². The fourth-order valence-electron chi connectivity index (χ4n) is 1.72. The van der Waals surface area contributed by atoms with Crippen LogP contribution in [0.25, 0.3) is 0 Å². The van der Waals surface area contributed by atoms with E-state index in [1.54, 1.807) is 24.4 Å². The Morgan fingerprint density at radius 3 is 2.29 bits per heavy atom. The SMILES string of the molecule is COc1cc(OC)cc(C(=O)OCC(=O)c2ccc[nH]2)c1. The van der Waals surface area contributed by atoms with Gasteiger partial charge in [0.2, 0.25) is 5.78 Å². The topological polar surface area (TPSA) is 77.6 Å². The van der Waals surface area contributed by atoms with Gasteiger partial charge in [-0.05, 0) is 24.3 Å². The Bertz CT molecular complexity index is 611. The van der Waals surface area contributed by atoms with Gasteiger partial charge in [-0.15, -0.1) is 0 Å². The third kappa shape index (κ3) is 3.62. The Balaban J connectivity index is 2.04. The Hall–Kier alpha value is -2.76. The first-order chi connectivity index (χ1) is 10.1. The minimum absolute atomic E-state index is 0.255. The number of ether oxygens (including phenoxy) is 3. The highest BCUT2D eigenvalue weighted by Crippen LogP contribution is 2.22. The van der Waals surface area contributed by atoms with E-state index >= 15 is 0 Å². The van der Waals surface area contributed by atoms with Gasteiger partial charge in [0, 0.05) is 12.3 Å². The summed E-state index contributed by atoms with van der Waals surface area (Å²) in [4.78, 5) is 26.4. The molecular formula is C15H15NO5. The van der Waals surface area contributed by atoms with E-state index in [2.05, 4.69) is 4.98 Å². The van der Waals surface area contributed by atoms with E-state index in [1.165, 1.54) is 26.4 Å². The van der Waals surface area contributed by atoms with Crippen molar-refractivity contribution in [1.82, 2.24) is 4.98 Å². The number of ketones is 1. The first-order valence-electron chi connectivity index (χ1n) is 6.21. The molecule has 0 atom stereocenters. The molecule has 1 N–H and O–H groups in total. The molecule has 6 nitrogen and oxygen atoms in total. The number of Topliss-reactive ketones (excluding diaryl/α,β-unsaturated/α-hetero) is 1. The zero-order valence-corrected chi connectivity index (χ0v) is 11.7. The van der Waals surface area contributed by atoms with E-state index in [1.807, 2.05) is 0 Å². The first-order valence-corrected chi connectivity index (χ1v) is 6.21. The van der Waals surface area contributed by atoms with Crippen LogP contribution in [0.4, 0.5) is 0 Å². The maximum absolute atomic E-state index is 12.0. The number of carbonyl (C=O) groups excluding carboxylic acids is 2. The molecule has 110 valence electrons. The van der Waals surface area contributed by atoms with E-state index < -0.39 is 5.97 Å². The highest BCUT2D eigenvalue weighted by Gasteiger charge is 2.14. The molecular weight excluding hydrogens is 274 g/mol. The van der Waals surface area contributed by atoms with Gasteiger partial charge in [-0.3, -0.25) is 4.79 Å². The molecule has 2 aromatic rings. The molecule has 0 aliphatic carbocycles. The monoisotopic (exact) mass is 289 g/mol. The summed E-state index contributed by atoms with van der Waals surface area (Å²) in [5, 5.41) is 0. The minimum Gasteiger partial charge on any atom is -0.497 e. The predicted octanol–water partition coefficient (Wildman–Crippen LogP) is 2.07. The number of benzene rings is 1. The summed E-state index contributed by atoms with van der Waals surface area (Å²) in [6.07, 6.45) is 1.63. The molecule has 0 amide bonds. The second-order valence-electron chi connectivity index (χ2n) is 4.18. The minimum atomic E-state index is -0.618. The van der Waals surface area contributed by atoms with E-state index in [0.29, 0.717) is 17.2 Å². The Morgan fingerprint density at radius 2 is 1.76 bits per heavy atom. The van der Waals surface area contributed by atoms with E-state index in [4.69, 9.17) is 14.2 Å². The number of H-pyrrole nitrogens is 1. The van der Waals surface area contributed by atoms with Gasteiger partial charge in [-0.2, -0.15) is 0 Å². The lowest BCUT2D eigenvalue weighted by Gasteiger charge is -2.08. The van der Waals surface area contributed by atoms with Crippen molar-refractivity contribution in [2.45, 2.75) is 0 Å². The number of aromatic amines is 1. The number of methoxy groups -OCH3 is 2. The van der Waals surface area contributed by atoms with Crippen LogP contribution in [0.3, 0.4) is 0 Å². The molecule has 1 heterocycles. The van der Waals surface area contributed by atoms with Gasteiger partial charge in [-0.25, -0.2) is 4.79 Å². The molecule has 0 radical (unpaired) electrons. The molecule has 0 aliphatic heterocycles. The van der Waals surface area contributed by atoms with Crippen LogP contribution in [-0.4, -0.2) is 37.6 Å². The number of carbonyl (C=O) groups is 2. The highest BCUT2D eigenvalue weighted by atomic mass is 16.5. The van der Waals surface area contributed by atoms with E-state index in [9.17, 15) is 9.59 Å². The lowest BCUT2D eigenvalue weighted by atomic mass is 10.2. The predicted molar refractivity (Wildman–Crippen MR) is 75.0 cm³/mol. The van der Waals surface area contributed by atoms with Gasteiger partial charge in [-0.1, -0.05) is 0 Å². The summed E-state index contributed by atoms with van der Waals surface area (Å²) < 4.78 is 15.1. The van der Waals surface area contributed by atoms with E-state index in [-0.39, 0.29) is 18.0 Å². The van der Waals surface area contributed by atoms with Crippen LogP contribution in [0, 0.1) is 0 Å². The standard InChI is InChI=1S/C15H15NO5/c1-19-11-6-10(7-12(8-11)20-2)15(18)21-9-14(17)13-4-3-5-16-13/h3-8,16H,9H2,1-2H3. The average Bonchev–Trinajstić information content (AvgIpc) is 3.06. The summed E-state index contributed by atoms with van der Waals surface area (Å²) in [5.41, 5.74) is 0.650. The van der Waals surface area contributed by atoms with Crippen molar-refractivity contribution >= 4 is 11.8 Å². The number of hydrogen-bond acceptors (Lipinski definition) is 5. The molecule has 1 aromatic carbocycles. The van der Waals surface area contributed by atoms with Crippen LogP contribution < -0.4 is 9.47 Å². The van der Waals surface area contributed by atoms with Crippen molar-refractivity contribution < 1.29 is 23.8 Å². The number of aromatic nitrogens is 1. The maximum Gasteiger partial charge on any atom is 0.338 e. The third-order valence-electron chi connectivity index (χ3n) is 2.82.